The van der Waals surface area contributed by atoms with Gasteiger partial charge in [0.25, 0.3) is 0 Å². The van der Waals surface area contributed by atoms with Crippen LogP contribution in [-0.4, -0.2) is 35.8 Å². The summed E-state index contributed by atoms with van der Waals surface area (Å²) >= 11 is 0. The molecule has 2 aliphatic rings. The molecular formula is C21H20F4N2O3. The summed E-state index contributed by atoms with van der Waals surface area (Å²) in [6.45, 7) is 1.12. The van der Waals surface area contributed by atoms with Gasteiger partial charge in [-0.05, 0) is 49.1 Å². The first-order valence-electron chi connectivity index (χ1n) is 9.51. The molecule has 2 N–H and O–H groups in total. The maximum Gasteiger partial charge on any atom is 0.424 e. The number of hydrogen-bond donors (Lipinski definition) is 2. The van der Waals surface area contributed by atoms with Crippen LogP contribution >= 0.6 is 0 Å². The molecule has 5 nitrogen and oxygen atoms in total. The molecule has 1 fully saturated rings. The number of ether oxygens (including phenoxy) is 1. The number of nitrogens with zero attached hydrogens (tertiary/aromatic N) is 1. The van der Waals surface area contributed by atoms with E-state index < -0.39 is 35.2 Å². The average Bonchev–Trinajstić information content (AvgIpc) is 3.50. The first-order chi connectivity index (χ1) is 14.1. The highest BCUT2D eigenvalue weighted by Crippen LogP contribution is 2.55. The molecule has 0 unspecified atom stereocenters. The summed E-state index contributed by atoms with van der Waals surface area (Å²) in [6.07, 6.45) is -3.15. The van der Waals surface area contributed by atoms with Gasteiger partial charge in [0.15, 0.2) is 0 Å². The van der Waals surface area contributed by atoms with E-state index in [1.807, 2.05) is 12.2 Å². The molecule has 2 aromatic rings. The van der Waals surface area contributed by atoms with Crippen LogP contribution in [0.5, 0.6) is 5.75 Å². The minimum Gasteiger partial charge on any atom is -0.490 e. The first-order valence-corrected chi connectivity index (χ1v) is 9.51. The minimum atomic E-state index is -5.10. The highest BCUT2D eigenvalue weighted by Gasteiger charge is 2.58. The molecule has 9 heteroatoms. The van der Waals surface area contributed by atoms with E-state index in [-0.39, 0.29) is 24.6 Å². The Kier molecular flexibility index (Phi) is 4.76. The molecule has 0 bridgehead atoms. The number of pyridine rings is 1. The smallest absolute Gasteiger partial charge is 0.424 e. The molecule has 2 heterocycles. The lowest BCUT2D eigenvalue weighted by Crippen LogP contribution is -2.50. The summed E-state index contributed by atoms with van der Waals surface area (Å²) in [5.41, 5.74) is -3.57. The largest absolute Gasteiger partial charge is 0.490 e. The monoisotopic (exact) mass is 424 g/mol. The van der Waals surface area contributed by atoms with E-state index in [0.717, 1.165) is 12.8 Å². The molecule has 1 aliphatic heterocycles. The third-order valence-electron chi connectivity index (χ3n) is 6.03. The number of fused-ring (bicyclic) bond motifs is 1. The fourth-order valence-electron chi connectivity index (χ4n) is 4.00. The van der Waals surface area contributed by atoms with Gasteiger partial charge < -0.3 is 15.2 Å². The standard InChI is InChI=1S/C21H20F4N2O3/c1-19(13-4-5-13)10-30-18-15(19)8-16(20(29,9-26-11-28)21(23,24)25)27-17(18)12-2-6-14(22)7-3-12/h2-3,6-8,11,13,29H,4-5,9-10H2,1H3,(H,26,28)/t19-,20-/m0/s1. The highest BCUT2D eigenvalue weighted by molar-refractivity contribution is 5.71. The molecule has 0 saturated heterocycles. The fraction of sp³-hybridized carbons (Fsp3) is 0.429. The van der Waals surface area contributed by atoms with E-state index in [1.54, 1.807) is 0 Å². The molecule has 160 valence electrons. The number of benzene rings is 1. The van der Waals surface area contributed by atoms with Crippen molar-refractivity contribution < 1.29 is 32.2 Å². The Morgan fingerprint density at radius 2 is 1.97 bits per heavy atom. The van der Waals surface area contributed by atoms with Gasteiger partial charge in [-0.2, -0.15) is 13.2 Å². The first kappa shape index (κ1) is 20.6. The van der Waals surface area contributed by atoms with E-state index in [2.05, 4.69) is 4.98 Å². The summed E-state index contributed by atoms with van der Waals surface area (Å²) in [4.78, 5) is 14.8. The van der Waals surface area contributed by atoms with Crippen molar-refractivity contribution in [2.45, 2.75) is 37.0 Å². The summed E-state index contributed by atoms with van der Waals surface area (Å²) in [6, 6.07) is 6.38. The van der Waals surface area contributed by atoms with Crippen LogP contribution in [0, 0.1) is 11.7 Å². The molecule has 1 aromatic carbocycles. The quantitative estimate of drug-likeness (QED) is 0.551. The number of alkyl halides is 3. The van der Waals surface area contributed by atoms with Gasteiger partial charge in [-0.1, -0.05) is 6.92 Å². The Labute approximate surface area is 170 Å². The van der Waals surface area contributed by atoms with Crippen LogP contribution in [0.4, 0.5) is 17.6 Å². The van der Waals surface area contributed by atoms with Gasteiger partial charge in [-0.15, -0.1) is 0 Å². The average molecular weight is 424 g/mol. The summed E-state index contributed by atoms with van der Waals surface area (Å²) < 4.78 is 60.9. The van der Waals surface area contributed by atoms with E-state index in [0.29, 0.717) is 16.9 Å². The Hall–Kier alpha value is -2.68. The molecule has 2 atom stereocenters. The van der Waals surface area contributed by atoms with Crippen LogP contribution in [0.2, 0.25) is 0 Å². The second-order valence-electron chi connectivity index (χ2n) is 8.08. The molecular weight excluding hydrogens is 404 g/mol. The third-order valence-corrected chi connectivity index (χ3v) is 6.03. The van der Waals surface area contributed by atoms with Crippen LogP contribution < -0.4 is 10.1 Å². The predicted octanol–water partition coefficient (Wildman–Crippen LogP) is 3.44. The number of halogens is 4. The topological polar surface area (TPSA) is 71.5 Å². The van der Waals surface area contributed by atoms with E-state index in [4.69, 9.17) is 4.74 Å². The number of carbonyl (C=O) groups excluding carboxylic acids is 1. The van der Waals surface area contributed by atoms with Crippen LogP contribution in [-0.2, 0) is 15.8 Å². The van der Waals surface area contributed by atoms with Crippen LogP contribution in [0.15, 0.2) is 30.3 Å². The van der Waals surface area contributed by atoms with Gasteiger partial charge in [0, 0.05) is 16.5 Å². The van der Waals surface area contributed by atoms with Crippen molar-refractivity contribution in [2.75, 3.05) is 13.2 Å². The Bertz CT molecular complexity index is 975. The van der Waals surface area contributed by atoms with Crippen molar-refractivity contribution in [3.05, 3.63) is 47.4 Å². The third kappa shape index (κ3) is 3.21. The summed E-state index contributed by atoms with van der Waals surface area (Å²) in [5.74, 6) is 0.0899. The number of rotatable bonds is 6. The maximum atomic E-state index is 13.9. The molecule has 1 amide bonds. The van der Waals surface area contributed by atoms with Crippen molar-refractivity contribution in [3.63, 3.8) is 0 Å². The van der Waals surface area contributed by atoms with Crippen molar-refractivity contribution in [1.29, 1.82) is 0 Å². The second kappa shape index (κ2) is 6.94. The number of aliphatic hydroxyl groups is 1. The number of amides is 1. The Morgan fingerprint density at radius 3 is 2.53 bits per heavy atom. The van der Waals surface area contributed by atoms with Gasteiger partial charge in [0.2, 0.25) is 12.0 Å². The minimum absolute atomic E-state index is 0.0857. The van der Waals surface area contributed by atoms with Gasteiger partial charge in [-0.25, -0.2) is 9.37 Å². The molecule has 4 rings (SSSR count). The highest BCUT2D eigenvalue weighted by atomic mass is 19.4. The number of aromatic nitrogens is 1. The molecule has 1 aliphatic carbocycles. The lowest BCUT2D eigenvalue weighted by atomic mass is 9.78. The second-order valence-corrected chi connectivity index (χ2v) is 8.08. The van der Waals surface area contributed by atoms with Gasteiger partial charge in [0.05, 0.1) is 18.8 Å². The van der Waals surface area contributed by atoms with Gasteiger partial charge in [-0.3, -0.25) is 4.79 Å². The molecule has 0 radical (unpaired) electrons. The van der Waals surface area contributed by atoms with Crippen molar-refractivity contribution in [1.82, 2.24) is 10.3 Å². The van der Waals surface area contributed by atoms with Crippen LogP contribution in [0.25, 0.3) is 11.3 Å². The maximum absolute atomic E-state index is 13.9. The molecule has 0 spiro atoms. The predicted molar refractivity (Wildman–Crippen MR) is 99.2 cm³/mol. The SMILES string of the molecule is C[C@@]1(C2CC2)COc2c1cc([C@@](O)(CNC=O)C(F)(F)F)nc2-c1ccc(F)cc1. The fourth-order valence-corrected chi connectivity index (χ4v) is 4.00. The zero-order valence-electron chi connectivity index (χ0n) is 16.1. The Balaban J connectivity index is 1.95. The number of hydrogen-bond acceptors (Lipinski definition) is 4. The number of nitrogens with one attached hydrogen (secondary N) is 1. The number of carbonyl (C=O) groups is 1. The van der Waals surface area contributed by atoms with Crippen molar-refractivity contribution in [3.8, 4) is 17.0 Å². The van der Waals surface area contributed by atoms with Crippen LogP contribution in [0.1, 0.15) is 31.0 Å². The lowest BCUT2D eigenvalue weighted by molar-refractivity contribution is -0.265. The van der Waals surface area contributed by atoms with Crippen LogP contribution in [0.3, 0.4) is 0 Å². The van der Waals surface area contributed by atoms with Crippen molar-refractivity contribution >= 4 is 6.41 Å². The molecule has 1 aromatic heterocycles. The summed E-state index contributed by atoms with van der Waals surface area (Å²) in [5, 5.41) is 12.5. The normalized spacial score (nSPS) is 22.7. The van der Waals surface area contributed by atoms with Gasteiger partial charge in [0.1, 0.15) is 17.3 Å². The summed E-state index contributed by atoms with van der Waals surface area (Å²) in [7, 11) is 0. The zero-order chi connectivity index (χ0) is 21.7. The Morgan fingerprint density at radius 1 is 1.30 bits per heavy atom. The van der Waals surface area contributed by atoms with Gasteiger partial charge >= 0.3 is 6.18 Å². The van der Waals surface area contributed by atoms with E-state index >= 15 is 0 Å². The zero-order valence-corrected chi connectivity index (χ0v) is 16.1. The lowest BCUT2D eigenvalue weighted by Gasteiger charge is -2.31. The van der Waals surface area contributed by atoms with Crippen molar-refractivity contribution in [2.24, 2.45) is 5.92 Å². The molecule has 1 saturated carbocycles. The molecule has 30 heavy (non-hydrogen) atoms. The van der Waals surface area contributed by atoms with E-state index in [1.165, 1.54) is 30.3 Å². The van der Waals surface area contributed by atoms with E-state index in [9.17, 15) is 27.5 Å².